The Morgan fingerprint density at radius 1 is 1.27 bits per heavy atom. The standard InChI is InChI=1S/C18H20N2O4S2/c1-18(2)11-16(23-12-6-4-3-5-7-12)14-9-8-13(10-15(14)24-18)26(21,22)20-17(19)25/h3-10,16H,11H2,1-2H3,(H3,19,20,25). The van der Waals surface area contributed by atoms with Gasteiger partial charge in [0.25, 0.3) is 10.0 Å². The zero-order valence-electron chi connectivity index (χ0n) is 14.4. The fourth-order valence-corrected chi connectivity index (χ4v) is 4.11. The molecule has 0 amide bonds. The van der Waals surface area contributed by atoms with E-state index < -0.39 is 15.6 Å². The van der Waals surface area contributed by atoms with Gasteiger partial charge in [0.1, 0.15) is 23.2 Å². The van der Waals surface area contributed by atoms with Crippen LogP contribution >= 0.6 is 12.2 Å². The van der Waals surface area contributed by atoms with E-state index in [1.807, 2.05) is 44.2 Å². The van der Waals surface area contributed by atoms with Gasteiger partial charge in [0.15, 0.2) is 5.11 Å². The van der Waals surface area contributed by atoms with Crippen molar-refractivity contribution in [2.24, 2.45) is 5.73 Å². The van der Waals surface area contributed by atoms with Crippen LogP contribution < -0.4 is 19.9 Å². The molecule has 3 N–H and O–H groups in total. The summed E-state index contributed by atoms with van der Waals surface area (Å²) in [4.78, 5) is 0.0280. The number of para-hydroxylation sites is 1. The lowest BCUT2D eigenvalue weighted by Crippen LogP contribution is -2.37. The molecule has 3 rings (SSSR count). The molecule has 26 heavy (non-hydrogen) atoms. The van der Waals surface area contributed by atoms with E-state index >= 15 is 0 Å². The molecule has 1 unspecified atom stereocenters. The van der Waals surface area contributed by atoms with Gasteiger partial charge in [0, 0.05) is 18.1 Å². The highest BCUT2D eigenvalue weighted by molar-refractivity contribution is 7.91. The molecule has 0 radical (unpaired) electrons. The number of fused-ring (bicyclic) bond motifs is 1. The number of benzene rings is 2. The molecule has 1 aliphatic rings. The van der Waals surface area contributed by atoms with Crippen molar-refractivity contribution >= 4 is 27.4 Å². The summed E-state index contributed by atoms with van der Waals surface area (Å²) in [6.45, 7) is 3.87. The second kappa shape index (κ2) is 6.77. The topological polar surface area (TPSA) is 90.7 Å². The quantitative estimate of drug-likeness (QED) is 0.778. The summed E-state index contributed by atoms with van der Waals surface area (Å²) >= 11 is 4.63. The average molecular weight is 393 g/mol. The Morgan fingerprint density at radius 3 is 2.62 bits per heavy atom. The molecule has 6 nitrogen and oxygen atoms in total. The van der Waals surface area contributed by atoms with Crippen LogP contribution in [0.4, 0.5) is 0 Å². The van der Waals surface area contributed by atoms with Crippen molar-refractivity contribution < 1.29 is 17.9 Å². The van der Waals surface area contributed by atoms with Crippen molar-refractivity contribution in [3.63, 3.8) is 0 Å². The summed E-state index contributed by atoms with van der Waals surface area (Å²) in [5.74, 6) is 1.21. The minimum Gasteiger partial charge on any atom is -0.487 e. The first kappa shape index (κ1) is 18.5. The van der Waals surface area contributed by atoms with Gasteiger partial charge < -0.3 is 15.2 Å². The predicted molar refractivity (Wildman–Crippen MR) is 103 cm³/mol. The first-order valence-corrected chi connectivity index (χ1v) is 9.92. The molecular weight excluding hydrogens is 372 g/mol. The maximum atomic E-state index is 12.3. The number of hydrogen-bond donors (Lipinski definition) is 2. The zero-order chi connectivity index (χ0) is 18.9. The van der Waals surface area contributed by atoms with Crippen molar-refractivity contribution in [2.75, 3.05) is 0 Å². The minimum absolute atomic E-state index is 0.0280. The van der Waals surface area contributed by atoms with Gasteiger partial charge in [-0.2, -0.15) is 0 Å². The van der Waals surface area contributed by atoms with Gasteiger partial charge in [-0.15, -0.1) is 0 Å². The van der Waals surface area contributed by atoms with Crippen LogP contribution in [0.5, 0.6) is 11.5 Å². The molecule has 1 atom stereocenters. The summed E-state index contributed by atoms with van der Waals surface area (Å²) in [7, 11) is -3.84. The molecule has 1 heterocycles. The van der Waals surface area contributed by atoms with Crippen LogP contribution in [0.1, 0.15) is 31.9 Å². The summed E-state index contributed by atoms with van der Waals surface area (Å²) in [6, 6.07) is 14.1. The van der Waals surface area contributed by atoms with Gasteiger partial charge in [-0.1, -0.05) is 24.3 Å². The van der Waals surface area contributed by atoms with Gasteiger partial charge in [0.05, 0.1) is 4.90 Å². The second-order valence-corrected chi connectivity index (χ2v) is 8.78. The molecule has 0 fully saturated rings. The highest BCUT2D eigenvalue weighted by Crippen LogP contribution is 2.42. The molecule has 0 aromatic heterocycles. The molecule has 2 aromatic carbocycles. The summed E-state index contributed by atoms with van der Waals surface area (Å²) in [5, 5.41) is -0.311. The van der Waals surface area contributed by atoms with Crippen molar-refractivity contribution in [3.8, 4) is 11.5 Å². The molecule has 0 spiro atoms. The third-order valence-corrected chi connectivity index (χ3v) is 5.56. The van der Waals surface area contributed by atoms with E-state index in [9.17, 15) is 8.42 Å². The van der Waals surface area contributed by atoms with Crippen LogP contribution in [-0.4, -0.2) is 19.1 Å². The van der Waals surface area contributed by atoms with Gasteiger partial charge in [-0.3, -0.25) is 4.72 Å². The molecule has 1 aliphatic heterocycles. The predicted octanol–water partition coefficient (Wildman–Crippen LogP) is 2.89. The van der Waals surface area contributed by atoms with Crippen LogP contribution in [0.3, 0.4) is 0 Å². The van der Waals surface area contributed by atoms with E-state index in [-0.39, 0.29) is 16.1 Å². The fraction of sp³-hybridized carbons (Fsp3) is 0.278. The third kappa shape index (κ3) is 4.08. The Morgan fingerprint density at radius 2 is 1.96 bits per heavy atom. The monoisotopic (exact) mass is 392 g/mol. The zero-order valence-corrected chi connectivity index (χ0v) is 16.1. The first-order chi connectivity index (χ1) is 12.2. The Labute approximate surface area is 158 Å². The minimum atomic E-state index is -3.84. The molecule has 0 bridgehead atoms. The number of nitrogens with one attached hydrogen (secondary N) is 1. The van der Waals surface area contributed by atoms with Crippen molar-refractivity contribution in [1.29, 1.82) is 0 Å². The number of rotatable bonds is 4. The maximum absolute atomic E-state index is 12.3. The lowest BCUT2D eigenvalue weighted by molar-refractivity contribution is 0.0217. The van der Waals surface area contributed by atoms with Crippen LogP contribution in [0, 0.1) is 0 Å². The average Bonchev–Trinajstić information content (AvgIpc) is 2.53. The molecule has 0 aliphatic carbocycles. The number of thiocarbonyl (C=S) groups is 1. The van der Waals surface area contributed by atoms with Crippen LogP contribution in [0.15, 0.2) is 53.4 Å². The van der Waals surface area contributed by atoms with E-state index in [4.69, 9.17) is 15.2 Å². The van der Waals surface area contributed by atoms with E-state index in [2.05, 4.69) is 16.9 Å². The van der Waals surface area contributed by atoms with E-state index in [1.54, 1.807) is 6.07 Å². The fourth-order valence-electron chi connectivity index (χ4n) is 2.89. The van der Waals surface area contributed by atoms with Crippen LogP contribution in [0.25, 0.3) is 0 Å². The summed E-state index contributed by atoms with van der Waals surface area (Å²) in [6.07, 6.45) is 0.378. The highest BCUT2D eigenvalue weighted by Gasteiger charge is 2.36. The number of hydrogen-bond acceptors (Lipinski definition) is 5. The van der Waals surface area contributed by atoms with Crippen molar-refractivity contribution in [1.82, 2.24) is 4.72 Å². The van der Waals surface area contributed by atoms with Crippen molar-refractivity contribution in [3.05, 3.63) is 54.1 Å². The number of sulfonamides is 1. The lowest BCUT2D eigenvalue weighted by Gasteiger charge is -2.37. The van der Waals surface area contributed by atoms with Gasteiger partial charge in [-0.05, 0) is 44.3 Å². The second-order valence-electron chi connectivity index (χ2n) is 6.65. The van der Waals surface area contributed by atoms with Crippen molar-refractivity contribution in [2.45, 2.75) is 36.9 Å². The Hall–Kier alpha value is -2.32. The largest absolute Gasteiger partial charge is 0.487 e. The molecule has 2 aromatic rings. The van der Waals surface area contributed by atoms with E-state index in [1.165, 1.54) is 12.1 Å². The van der Waals surface area contributed by atoms with E-state index in [0.29, 0.717) is 12.2 Å². The Bertz CT molecular complexity index is 927. The van der Waals surface area contributed by atoms with Gasteiger partial charge in [0.2, 0.25) is 0 Å². The lowest BCUT2D eigenvalue weighted by atomic mass is 9.91. The summed E-state index contributed by atoms with van der Waals surface area (Å²) in [5.41, 5.74) is 5.58. The SMILES string of the molecule is CC1(C)CC(Oc2ccccc2)c2ccc(S(=O)(=O)NC(N)=S)cc2O1. The Kier molecular flexibility index (Phi) is 4.81. The first-order valence-electron chi connectivity index (χ1n) is 8.03. The third-order valence-electron chi connectivity index (χ3n) is 3.96. The highest BCUT2D eigenvalue weighted by atomic mass is 32.2. The van der Waals surface area contributed by atoms with Crippen LogP contribution in [-0.2, 0) is 10.0 Å². The molecule has 0 saturated carbocycles. The van der Waals surface area contributed by atoms with Crippen LogP contribution in [0.2, 0.25) is 0 Å². The smallest absolute Gasteiger partial charge is 0.263 e. The summed E-state index contributed by atoms with van der Waals surface area (Å²) < 4.78 is 38.8. The molecule has 8 heteroatoms. The van der Waals surface area contributed by atoms with E-state index in [0.717, 1.165) is 11.3 Å². The molecule has 0 saturated heterocycles. The molecular formula is C18H20N2O4S2. The normalized spacial score (nSPS) is 18.3. The number of ether oxygens (including phenoxy) is 2. The van der Waals surface area contributed by atoms with Gasteiger partial charge in [-0.25, -0.2) is 8.42 Å². The molecule has 138 valence electrons. The van der Waals surface area contributed by atoms with Gasteiger partial charge >= 0.3 is 0 Å². The maximum Gasteiger partial charge on any atom is 0.263 e. The Balaban J connectivity index is 1.98. The number of nitrogens with two attached hydrogens (primary N) is 1.